The lowest BCUT2D eigenvalue weighted by molar-refractivity contribution is 0.230. The lowest BCUT2D eigenvalue weighted by Gasteiger charge is -2.23. The van der Waals surface area contributed by atoms with Gasteiger partial charge in [0.15, 0.2) is 5.76 Å². The van der Waals surface area contributed by atoms with Gasteiger partial charge in [-0.05, 0) is 19.1 Å². The molecule has 112 valence electrons. The number of aliphatic hydroxyl groups is 1. The van der Waals surface area contributed by atoms with Crippen LogP contribution in [-0.2, 0) is 6.61 Å². The van der Waals surface area contributed by atoms with E-state index in [0.29, 0.717) is 11.5 Å². The second kappa shape index (κ2) is 5.09. The molecule has 2 aromatic heterocycles. The predicted octanol–water partition coefficient (Wildman–Crippen LogP) is 1.25. The normalized spacial score (nSPS) is 16.9. The van der Waals surface area contributed by atoms with Crippen molar-refractivity contribution in [3.05, 3.63) is 62.9 Å². The van der Waals surface area contributed by atoms with Crippen LogP contribution in [-0.4, -0.2) is 5.11 Å². The van der Waals surface area contributed by atoms with E-state index in [-0.39, 0.29) is 28.7 Å². The van der Waals surface area contributed by atoms with Gasteiger partial charge in [-0.15, -0.1) is 0 Å². The first kappa shape index (κ1) is 14.0. The van der Waals surface area contributed by atoms with Gasteiger partial charge < -0.3 is 24.4 Å². The maximum absolute atomic E-state index is 12.1. The molecule has 0 saturated heterocycles. The van der Waals surface area contributed by atoms with Crippen LogP contribution in [0.4, 0.5) is 0 Å². The fourth-order valence-corrected chi connectivity index (χ4v) is 2.36. The van der Waals surface area contributed by atoms with E-state index >= 15 is 0 Å². The molecule has 22 heavy (non-hydrogen) atoms. The molecule has 0 saturated carbocycles. The number of rotatable bonds is 2. The van der Waals surface area contributed by atoms with Crippen molar-refractivity contribution < 1.29 is 18.7 Å². The average Bonchev–Trinajstić information content (AvgIpc) is 2.92. The zero-order valence-electron chi connectivity index (χ0n) is 11.6. The van der Waals surface area contributed by atoms with Crippen molar-refractivity contribution in [1.82, 2.24) is 0 Å². The molecule has 1 aliphatic heterocycles. The topological polar surface area (TPSA) is 123 Å². The van der Waals surface area contributed by atoms with Crippen molar-refractivity contribution in [2.45, 2.75) is 19.4 Å². The highest BCUT2D eigenvalue weighted by Gasteiger charge is 2.37. The minimum absolute atomic E-state index is 0.0680. The molecule has 0 radical (unpaired) electrons. The number of nitriles is 1. The molecule has 0 amide bonds. The number of hydrogen-bond donors (Lipinski definition) is 2. The molecule has 0 fully saturated rings. The molecule has 0 bridgehead atoms. The van der Waals surface area contributed by atoms with Crippen LogP contribution in [0.1, 0.15) is 29.0 Å². The lowest BCUT2D eigenvalue weighted by atomic mass is 9.92. The van der Waals surface area contributed by atoms with E-state index in [1.807, 2.05) is 6.07 Å². The predicted molar refractivity (Wildman–Crippen MR) is 73.6 cm³/mol. The minimum atomic E-state index is -0.790. The summed E-state index contributed by atoms with van der Waals surface area (Å²) in [6.45, 7) is 1.30. The van der Waals surface area contributed by atoms with E-state index in [9.17, 15) is 15.2 Å². The van der Waals surface area contributed by atoms with E-state index in [4.69, 9.17) is 19.3 Å². The van der Waals surface area contributed by atoms with Crippen LogP contribution in [0, 0.1) is 18.3 Å². The Morgan fingerprint density at radius 2 is 2.18 bits per heavy atom. The van der Waals surface area contributed by atoms with Gasteiger partial charge in [-0.2, -0.15) is 5.26 Å². The Balaban J connectivity index is 2.29. The molecule has 2 aromatic rings. The summed E-state index contributed by atoms with van der Waals surface area (Å²) in [5, 5.41) is 18.5. The van der Waals surface area contributed by atoms with E-state index in [0.717, 1.165) is 6.07 Å². The van der Waals surface area contributed by atoms with Crippen LogP contribution < -0.4 is 15.9 Å². The molecule has 1 aliphatic rings. The highest BCUT2D eigenvalue weighted by atomic mass is 16.5. The number of furan rings is 1. The van der Waals surface area contributed by atoms with Crippen molar-refractivity contribution in [3.8, 4) is 11.8 Å². The third-order valence-corrected chi connectivity index (χ3v) is 3.33. The van der Waals surface area contributed by atoms with Crippen molar-refractivity contribution in [3.63, 3.8) is 0 Å². The summed E-state index contributed by atoms with van der Waals surface area (Å²) >= 11 is 0. The lowest BCUT2D eigenvalue weighted by Crippen LogP contribution is -2.25. The first-order valence-electron chi connectivity index (χ1n) is 6.46. The SMILES string of the molecule is Cc1ccc([C@@H]2C(C#N)=C(N)Oc3c2oc(CO)cc3=O)o1. The zero-order chi connectivity index (χ0) is 15.9. The summed E-state index contributed by atoms with van der Waals surface area (Å²) in [6, 6.07) is 6.47. The number of aryl methyl sites for hydroxylation is 1. The van der Waals surface area contributed by atoms with Crippen molar-refractivity contribution in [2.24, 2.45) is 5.73 Å². The molecular weight excluding hydrogens is 288 g/mol. The molecule has 3 rings (SSSR count). The fourth-order valence-electron chi connectivity index (χ4n) is 2.36. The number of nitrogens with two attached hydrogens (primary N) is 1. The Morgan fingerprint density at radius 1 is 1.41 bits per heavy atom. The molecule has 1 atom stereocenters. The number of aliphatic hydroxyl groups excluding tert-OH is 1. The second-order valence-corrected chi connectivity index (χ2v) is 4.80. The number of nitrogens with zero attached hydrogens (tertiary/aromatic N) is 1. The molecular formula is C15H12N2O5. The number of allylic oxidation sites excluding steroid dienone is 1. The summed E-state index contributed by atoms with van der Waals surface area (Å²) < 4.78 is 16.3. The molecule has 7 heteroatoms. The van der Waals surface area contributed by atoms with Crippen LogP contribution in [0.3, 0.4) is 0 Å². The standard InChI is InChI=1S/C15H12N2O5/c1-7-2-3-11(20-7)12-9(5-16)15(17)22-13-10(19)4-8(6-18)21-14(12)13/h2-4,12,18H,6,17H2,1H3/t12-/m0/s1. The molecule has 0 aliphatic carbocycles. The summed E-state index contributed by atoms with van der Waals surface area (Å²) in [6.07, 6.45) is 0. The van der Waals surface area contributed by atoms with Gasteiger partial charge in [0.05, 0.1) is 0 Å². The third-order valence-electron chi connectivity index (χ3n) is 3.33. The molecule has 0 aromatic carbocycles. The summed E-state index contributed by atoms with van der Waals surface area (Å²) in [4.78, 5) is 12.1. The number of hydrogen-bond acceptors (Lipinski definition) is 7. The van der Waals surface area contributed by atoms with Crippen molar-refractivity contribution >= 4 is 0 Å². The second-order valence-electron chi connectivity index (χ2n) is 4.80. The van der Waals surface area contributed by atoms with Crippen molar-refractivity contribution in [1.29, 1.82) is 5.26 Å². The summed E-state index contributed by atoms with van der Waals surface area (Å²) in [5.74, 6) is 0.141. The molecule has 3 heterocycles. The van der Waals surface area contributed by atoms with E-state index in [1.165, 1.54) is 0 Å². The van der Waals surface area contributed by atoms with Gasteiger partial charge in [0.2, 0.25) is 17.1 Å². The smallest absolute Gasteiger partial charge is 0.228 e. The van der Waals surface area contributed by atoms with Crippen molar-refractivity contribution in [2.75, 3.05) is 0 Å². The van der Waals surface area contributed by atoms with Crippen LogP contribution in [0.2, 0.25) is 0 Å². The number of ether oxygens (including phenoxy) is 1. The maximum atomic E-state index is 12.1. The Bertz CT molecular complexity index is 869. The van der Waals surface area contributed by atoms with Gasteiger partial charge in [-0.3, -0.25) is 4.79 Å². The quantitative estimate of drug-likeness (QED) is 0.855. The Kier molecular flexibility index (Phi) is 3.23. The van der Waals surface area contributed by atoms with Gasteiger partial charge >= 0.3 is 0 Å². The molecule has 0 unspecified atom stereocenters. The van der Waals surface area contributed by atoms with Gasteiger partial charge in [0, 0.05) is 6.07 Å². The Morgan fingerprint density at radius 3 is 2.77 bits per heavy atom. The molecule has 3 N–H and O–H groups in total. The third kappa shape index (κ3) is 2.06. The molecule has 7 nitrogen and oxygen atoms in total. The van der Waals surface area contributed by atoms with E-state index in [1.54, 1.807) is 19.1 Å². The van der Waals surface area contributed by atoms with E-state index < -0.39 is 18.0 Å². The van der Waals surface area contributed by atoms with Gasteiger partial charge in [0.1, 0.15) is 41.4 Å². The maximum Gasteiger partial charge on any atom is 0.228 e. The summed E-state index contributed by atoms with van der Waals surface area (Å²) in [5.41, 5.74) is 5.34. The average molecular weight is 300 g/mol. The van der Waals surface area contributed by atoms with Gasteiger partial charge in [-0.25, -0.2) is 0 Å². The summed E-state index contributed by atoms with van der Waals surface area (Å²) in [7, 11) is 0. The highest BCUT2D eigenvalue weighted by Crippen LogP contribution is 2.41. The number of fused-ring (bicyclic) bond motifs is 1. The van der Waals surface area contributed by atoms with Crippen LogP contribution in [0.25, 0.3) is 0 Å². The highest BCUT2D eigenvalue weighted by molar-refractivity contribution is 5.50. The minimum Gasteiger partial charge on any atom is -0.465 e. The molecule has 0 spiro atoms. The first-order valence-corrected chi connectivity index (χ1v) is 6.46. The monoisotopic (exact) mass is 300 g/mol. The fraction of sp³-hybridized carbons (Fsp3) is 0.200. The largest absolute Gasteiger partial charge is 0.465 e. The van der Waals surface area contributed by atoms with Crippen LogP contribution in [0.15, 0.2) is 43.3 Å². The zero-order valence-corrected chi connectivity index (χ0v) is 11.6. The van der Waals surface area contributed by atoms with Crippen LogP contribution >= 0.6 is 0 Å². The van der Waals surface area contributed by atoms with Crippen LogP contribution in [0.5, 0.6) is 5.75 Å². The Hall–Kier alpha value is -2.98. The van der Waals surface area contributed by atoms with Gasteiger partial charge in [0.25, 0.3) is 0 Å². The Labute approximate surface area is 124 Å². The van der Waals surface area contributed by atoms with Gasteiger partial charge in [-0.1, -0.05) is 0 Å². The first-order chi connectivity index (χ1) is 10.5. The van der Waals surface area contributed by atoms with E-state index in [2.05, 4.69) is 0 Å².